The monoisotopic (exact) mass is 412 g/mol. The van der Waals surface area contributed by atoms with Crippen LogP contribution in [0.1, 0.15) is 23.7 Å². The van der Waals surface area contributed by atoms with Crippen molar-refractivity contribution in [3.05, 3.63) is 40.4 Å². The molecule has 0 radical (unpaired) electrons. The van der Waals surface area contributed by atoms with E-state index in [4.69, 9.17) is 15.2 Å². The minimum atomic E-state index is -0.565. The molecule has 0 aliphatic heterocycles. The molecule has 0 aliphatic carbocycles. The summed E-state index contributed by atoms with van der Waals surface area (Å²) in [5, 5.41) is 2.84. The molecule has 0 unspecified atom stereocenters. The number of Topliss-reactive ketones (excluding diaryl/α,β-unsaturated/α-hetero) is 1. The van der Waals surface area contributed by atoms with Crippen LogP contribution in [-0.4, -0.2) is 44.9 Å². The molecule has 11 heteroatoms. The number of amides is 1. The standard InChI is InChI=1S/C19H20N6O5/c1-10(26)6-7-30-13-5-4-12-14(15(13)29-3)23-19(25(2)17(12)28)24-16(27)11-8-21-18(20)22-9-11/h4-5,8-9H,6-7H2,1-3H3,(H2,20,21,22)(H,23,24,27). The highest BCUT2D eigenvalue weighted by atomic mass is 16.5. The van der Waals surface area contributed by atoms with E-state index in [1.807, 2.05) is 0 Å². The van der Waals surface area contributed by atoms with Crippen LogP contribution in [0, 0.1) is 0 Å². The van der Waals surface area contributed by atoms with E-state index in [9.17, 15) is 14.4 Å². The molecule has 0 saturated heterocycles. The Labute approximate surface area is 170 Å². The molecule has 0 fully saturated rings. The number of nitrogens with two attached hydrogens (primary N) is 1. The van der Waals surface area contributed by atoms with E-state index < -0.39 is 11.5 Å². The zero-order chi connectivity index (χ0) is 21.8. The topological polar surface area (TPSA) is 151 Å². The van der Waals surface area contributed by atoms with Gasteiger partial charge < -0.3 is 15.2 Å². The van der Waals surface area contributed by atoms with Crippen LogP contribution in [0.25, 0.3) is 10.9 Å². The summed E-state index contributed by atoms with van der Waals surface area (Å²) in [7, 11) is 2.89. The molecule has 30 heavy (non-hydrogen) atoms. The SMILES string of the molecule is COc1c(OCCC(C)=O)ccc2c(=O)n(C)c(NC(=O)c3cnc(N)nc3)nc12. The summed E-state index contributed by atoms with van der Waals surface area (Å²) in [5.41, 5.74) is 5.39. The van der Waals surface area contributed by atoms with Crippen LogP contribution in [0.3, 0.4) is 0 Å². The molecule has 3 aromatic rings. The van der Waals surface area contributed by atoms with Gasteiger partial charge in [-0.2, -0.15) is 0 Å². The molecular formula is C19H20N6O5. The Morgan fingerprint density at radius 1 is 1.23 bits per heavy atom. The van der Waals surface area contributed by atoms with E-state index in [1.165, 1.54) is 38.0 Å². The van der Waals surface area contributed by atoms with Crippen LogP contribution in [0.15, 0.2) is 29.3 Å². The van der Waals surface area contributed by atoms with Crippen molar-refractivity contribution in [3.8, 4) is 11.5 Å². The number of aromatic nitrogens is 4. The van der Waals surface area contributed by atoms with Gasteiger partial charge in [-0.15, -0.1) is 0 Å². The third-order valence-electron chi connectivity index (χ3n) is 4.24. The Hall–Kier alpha value is -4.02. The molecule has 3 N–H and O–H groups in total. The minimum Gasteiger partial charge on any atom is -0.491 e. The number of rotatable bonds is 7. The maximum absolute atomic E-state index is 12.8. The first-order valence-corrected chi connectivity index (χ1v) is 8.90. The summed E-state index contributed by atoms with van der Waals surface area (Å²) in [5.74, 6) is -0.00214. The van der Waals surface area contributed by atoms with Crippen molar-refractivity contribution in [2.75, 3.05) is 24.8 Å². The zero-order valence-corrected chi connectivity index (χ0v) is 16.6. The number of hydrogen-bond donors (Lipinski definition) is 2. The number of ketones is 1. The summed E-state index contributed by atoms with van der Waals surface area (Å²) in [4.78, 5) is 48.3. The number of benzene rings is 1. The van der Waals surface area contributed by atoms with Crippen LogP contribution in [-0.2, 0) is 11.8 Å². The van der Waals surface area contributed by atoms with Crippen LogP contribution in [0.5, 0.6) is 11.5 Å². The lowest BCUT2D eigenvalue weighted by atomic mass is 10.2. The highest BCUT2D eigenvalue weighted by Gasteiger charge is 2.18. The van der Waals surface area contributed by atoms with Crippen molar-refractivity contribution < 1.29 is 19.1 Å². The van der Waals surface area contributed by atoms with Crippen molar-refractivity contribution in [2.24, 2.45) is 7.05 Å². The second-order valence-electron chi connectivity index (χ2n) is 6.38. The Bertz CT molecular complexity index is 1170. The number of nitrogens with one attached hydrogen (secondary N) is 1. The Kier molecular flexibility index (Phi) is 5.90. The second-order valence-corrected chi connectivity index (χ2v) is 6.38. The number of fused-ring (bicyclic) bond motifs is 1. The van der Waals surface area contributed by atoms with E-state index in [2.05, 4.69) is 20.3 Å². The molecule has 11 nitrogen and oxygen atoms in total. The summed E-state index contributed by atoms with van der Waals surface area (Å²) >= 11 is 0. The third kappa shape index (κ3) is 4.19. The largest absolute Gasteiger partial charge is 0.491 e. The molecule has 2 heterocycles. The lowest BCUT2D eigenvalue weighted by Crippen LogP contribution is -2.25. The van der Waals surface area contributed by atoms with Gasteiger partial charge in [0.25, 0.3) is 11.5 Å². The molecule has 0 bridgehead atoms. The molecule has 0 saturated carbocycles. The second kappa shape index (κ2) is 8.55. The Balaban J connectivity index is 2.01. The normalized spacial score (nSPS) is 10.6. The van der Waals surface area contributed by atoms with Gasteiger partial charge in [0.2, 0.25) is 11.9 Å². The molecule has 0 aliphatic rings. The van der Waals surface area contributed by atoms with Crippen LogP contribution in [0.2, 0.25) is 0 Å². The first-order valence-electron chi connectivity index (χ1n) is 8.90. The van der Waals surface area contributed by atoms with E-state index in [-0.39, 0.29) is 52.9 Å². The number of nitrogens with zero attached hydrogens (tertiary/aromatic N) is 4. The average molecular weight is 412 g/mol. The molecule has 2 aromatic heterocycles. The first kappa shape index (κ1) is 20.7. The predicted octanol–water partition coefficient (Wildman–Crippen LogP) is 0.924. The van der Waals surface area contributed by atoms with Gasteiger partial charge in [0.1, 0.15) is 11.3 Å². The van der Waals surface area contributed by atoms with E-state index in [1.54, 1.807) is 12.1 Å². The van der Waals surface area contributed by atoms with Gasteiger partial charge >= 0.3 is 0 Å². The summed E-state index contributed by atoms with van der Waals surface area (Å²) in [6, 6.07) is 3.13. The first-order chi connectivity index (χ1) is 14.3. The van der Waals surface area contributed by atoms with Gasteiger partial charge in [0.15, 0.2) is 11.5 Å². The number of carbonyl (C=O) groups excluding carboxylic acids is 2. The van der Waals surface area contributed by atoms with Crippen molar-refractivity contribution in [3.63, 3.8) is 0 Å². The highest BCUT2D eigenvalue weighted by molar-refractivity contribution is 6.03. The van der Waals surface area contributed by atoms with Crippen molar-refractivity contribution in [1.29, 1.82) is 0 Å². The summed E-state index contributed by atoms with van der Waals surface area (Å²) < 4.78 is 12.2. The van der Waals surface area contributed by atoms with Crippen LogP contribution < -0.4 is 26.1 Å². The number of methoxy groups -OCH3 is 1. The average Bonchev–Trinajstić information content (AvgIpc) is 2.71. The fourth-order valence-electron chi connectivity index (χ4n) is 2.65. The van der Waals surface area contributed by atoms with Gasteiger partial charge in [-0.25, -0.2) is 15.0 Å². The number of anilines is 2. The van der Waals surface area contributed by atoms with Gasteiger partial charge in [0, 0.05) is 25.9 Å². The number of nitrogen functional groups attached to an aromatic ring is 1. The Morgan fingerprint density at radius 2 is 1.93 bits per heavy atom. The smallest absolute Gasteiger partial charge is 0.262 e. The van der Waals surface area contributed by atoms with E-state index in [0.29, 0.717) is 5.75 Å². The third-order valence-corrected chi connectivity index (χ3v) is 4.24. The fourth-order valence-corrected chi connectivity index (χ4v) is 2.65. The molecule has 0 atom stereocenters. The van der Waals surface area contributed by atoms with Crippen molar-refractivity contribution >= 4 is 34.5 Å². The quantitative estimate of drug-likeness (QED) is 0.577. The molecule has 1 aromatic carbocycles. The van der Waals surface area contributed by atoms with Crippen LogP contribution in [0.4, 0.5) is 11.9 Å². The molecule has 0 spiro atoms. The molecule has 156 valence electrons. The lowest BCUT2D eigenvalue weighted by Gasteiger charge is -2.15. The predicted molar refractivity (Wildman–Crippen MR) is 109 cm³/mol. The van der Waals surface area contributed by atoms with Crippen molar-refractivity contribution in [2.45, 2.75) is 13.3 Å². The van der Waals surface area contributed by atoms with Crippen LogP contribution >= 0.6 is 0 Å². The van der Waals surface area contributed by atoms with Gasteiger partial charge in [-0.1, -0.05) is 0 Å². The van der Waals surface area contributed by atoms with Gasteiger partial charge in [0.05, 0.1) is 24.7 Å². The van der Waals surface area contributed by atoms with Gasteiger partial charge in [-0.3, -0.25) is 24.3 Å². The van der Waals surface area contributed by atoms with E-state index in [0.717, 1.165) is 0 Å². The minimum absolute atomic E-state index is 0.00601. The number of hydrogen-bond acceptors (Lipinski definition) is 9. The van der Waals surface area contributed by atoms with Crippen molar-refractivity contribution in [1.82, 2.24) is 19.5 Å². The fraction of sp³-hybridized carbons (Fsp3) is 0.263. The maximum Gasteiger partial charge on any atom is 0.262 e. The zero-order valence-electron chi connectivity index (χ0n) is 16.6. The molecule has 3 rings (SSSR count). The summed E-state index contributed by atoms with van der Waals surface area (Å²) in [6.45, 7) is 1.62. The molecular weight excluding hydrogens is 392 g/mol. The van der Waals surface area contributed by atoms with E-state index >= 15 is 0 Å². The lowest BCUT2D eigenvalue weighted by molar-refractivity contribution is -0.117. The summed E-state index contributed by atoms with van der Waals surface area (Å²) in [6.07, 6.45) is 2.76. The Morgan fingerprint density at radius 3 is 2.57 bits per heavy atom. The number of ether oxygens (including phenoxy) is 2. The highest BCUT2D eigenvalue weighted by Crippen LogP contribution is 2.33. The maximum atomic E-state index is 12.8. The van der Waals surface area contributed by atoms with Gasteiger partial charge in [-0.05, 0) is 19.1 Å². The number of carbonyl (C=O) groups is 2. The molecule has 1 amide bonds.